The Labute approximate surface area is 245 Å². The normalized spacial score (nSPS) is 11.3. The number of fused-ring (bicyclic) bond motifs is 5. The van der Waals surface area contributed by atoms with Crippen molar-refractivity contribution in [1.82, 2.24) is 4.57 Å². The van der Waals surface area contributed by atoms with E-state index in [2.05, 4.69) is 179 Å². The van der Waals surface area contributed by atoms with Crippen LogP contribution in [0, 0.1) is 0 Å². The third-order valence-corrected chi connectivity index (χ3v) is 8.14. The van der Waals surface area contributed by atoms with Crippen LogP contribution in [0.4, 0.5) is 17.1 Å². The Balaban J connectivity index is 1.42. The molecule has 0 bridgehead atoms. The standard InChI is InChI=1S/C40H28N2/c1-4-16-31(17-5-1)41(32-18-6-2-7-19-32)34-22-12-15-30(28-34)36-24-13-25-37-40(36)39-35-23-11-10-14-29(35)26-27-38(39)42(37)33-20-8-3-9-21-33/h1-28H. The molecule has 2 nitrogen and oxygen atoms in total. The summed E-state index contributed by atoms with van der Waals surface area (Å²) < 4.78 is 2.41. The van der Waals surface area contributed by atoms with E-state index < -0.39 is 0 Å². The fraction of sp³-hybridized carbons (Fsp3) is 0. The lowest BCUT2D eigenvalue weighted by Crippen LogP contribution is -2.09. The highest BCUT2D eigenvalue weighted by Gasteiger charge is 2.19. The van der Waals surface area contributed by atoms with Crippen LogP contribution in [0.3, 0.4) is 0 Å². The van der Waals surface area contributed by atoms with E-state index in [1.165, 1.54) is 43.7 Å². The van der Waals surface area contributed by atoms with Crippen molar-refractivity contribution in [3.05, 3.63) is 170 Å². The minimum Gasteiger partial charge on any atom is -0.310 e. The van der Waals surface area contributed by atoms with Crippen LogP contribution in [0.1, 0.15) is 0 Å². The second-order valence-corrected chi connectivity index (χ2v) is 10.6. The van der Waals surface area contributed by atoms with Crippen LogP contribution in [-0.4, -0.2) is 4.57 Å². The molecule has 0 unspecified atom stereocenters. The Kier molecular flexibility index (Phi) is 5.82. The van der Waals surface area contributed by atoms with Gasteiger partial charge in [0.2, 0.25) is 0 Å². The van der Waals surface area contributed by atoms with E-state index in [0.717, 1.165) is 22.7 Å². The van der Waals surface area contributed by atoms with Crippen molar-refractivity contribution in [2.75, 3.05) is 4.90 Å². The van der Waals surface area contributed by atoms with E-state index in [4.69, 9.17) is 0 Å². The summed E-state index contributed by atoms with van der Waals surface area (Å²) in [5.74, 6) is 0. The molecule has 0 aliphatic heterocycles. The van der Waals surface area contributed by atoms with Gasteiger partial charge in [-0.3, -0.25) is 0 Å². The van der Waals surface area contributed by atoms with Gasteiger partial charge in [-0.25, -0.2) is 0 Å². The maximum atomic E-state index is 2.41. The molecule has 198 valence electrons. The predicted octanol–water partition coefficient (Wildman–Crippen LogP) is 11.1. The van der Waals surface area contributed by atoms with Crippen molar-refractivity contribution < 1.29 is 0 Å². The molecule has 0 aliphatic carbocycles. The average Bonchev–Trinajstić information content (AvgIpc) is 3.42. The molecule has 7 aromatic carbocycles. The molecular formula is C40H28N2. The smallest absolute Gasteiger partial charge is 0.0547 e. The van der Waals surface area contributed by atoms with Crippen molar-refractivity contribution in [1.29, 1.82) is 0 Å². The topological polar surface area (TPSA) is 8.17 Å². The van der Waals surface area contributed by atoms with E-state index in [9.17, 15) is 0 Å². The molecule has 0 amide bonds. The molecule has 0 radical (unpaired) electrons. The van der Waals surface area contributed by atoms with Gasteiger partial charge in [-0.15, -0.1) is 0 Å². The highest BCUT2D eigenvalue weighted by Crippen LogP contribution is 2.43. The van der Waals surface area contributed by atoms with E-state index in [0.29, 0.717) is 0 Å². The molecule has 2 heteroatoms. The summed E-state index contributed by atoms with van der Waals surface area (Å²) in [6.45, 7) is 0. The third-order valence-electron chi connectivity index (χ3n) is 8.14. The number of aromatic nitrogens is 1. The van der Waals surface area contributed by atoms with Crippen LogP contribution in [0.2, 0.25) is 0 Å². The van der Waals surface area contributed by atoms with Gasteiger partial charge in [-0.2, -0.15) is 0 Å². The maximum Gasteiger partial charge on any atom is 0.0547 e. The number of para-hydroxylation sites is 3. The highest BCUT2D eigenvalue weighted by atomic mass is 15.1. The van der Waals surface area contributed by atoms with Gasteiger partial charge in [0.25, 0.3) is 0 Å². The van der Waals surface area contributed by atoms with Crippen molar-refractivity contribution in [3.8, 4) is 16.8 Å². The zero-order valence-corrected chi connectivity index (χ0v) is 23.1. The molecule has 8 rings (SSSR count). The van der Waals surface area contributed by atoms with Crippen LogP contribution in [-0.2, 0) is 0 Å². The van der Waals surface area contributed by atoms with Gasteiger partial charge in [0.05, 0.1) is 11.0 Å². The first kappa shape index (κ1) is 24.2. The molecule has 42 heavy (non-hydrogen) atoms. The fourth-order valence-corrected chi connectivity index (χ4v) is 6.34. The maximum absolute atomic E-state index is 2.41. The monoisotopic (exact) mass is 536 g/mol. The lowest BCUT2D eigenvalue weighted by atomic mass is 9.96. The predicted molar refractivity (Wildman–Crippen MR) is 178 cm³/mol. The molecule has 0 spiro atoms. The van der Waals surface area contributed by atoms with Crippen molar-refractivity contribution >= 4 is 49.6 Å². The summed E-state index contributed by atoms with van der Waals surface area (Å²) in [5.41, 5.74) is 9.39. The molecule has 0 N–H and O–H groups in total. The summed E-state index contributed by atoms with van der Waals surface area (Å²) >= 11 is 0. The quantitative estimate of drug-likeness (QED) is 0.212. The molecule has 0 aliphatic rings. The summed E-state index contributed by atoms with van der Waals surface area (Å²) in [6, 6.07) is 60.8. The summed E-state index contributed by atoms with van der Waals surface area (Å²) in [7, 11) is 0. The van der Waals surface area contributed by atoms with Crippen LogP contribution in [0.5, 0.6) is 0 Å². The van der Waals surface area contributed by atoms with Crippen LogP contribution >= 0.6 is 0 Å². The lowest BCUT2D eigenvalue weighted by molar-refractivity contribution is 1.18. The van der Waals surface area contributed by atoms with Crippen LogP contribution in [0.25, 0.3) is 49.4 Å². The molecule has 0 saturated heterocycles. The van der Waals surface area contributed by atoms with Crippen LogP contribution < -0.4 is 4.90 Å². The number of hydrogen-bond acceptors (Lipinski definition) is 1. The number of anilines is 3. The first-order chi connectivity index (χ1) is 20.9. The summed E-state index contributed by atoms with van der Waals surface area (Å²) in [5, 5.41) is 5.08. The Morgan fingerprint density at radius 3 is 1.74 bits per heavy atom. The van der Waals surface area contributed by atoms with E-state index in [-0.39, 0.29) is 0 Å². The fourth-order valence-electron chi connectivity index (χ4n) is 6.34. The van der Waals surface area contributed by atoms with Gasteiger partial charge in [0, 0.05) is 33.5 Å². The van der Waals surface area contributed by atoms with Gasteiger partial charge in [-0.05, 0) is 82.6 Å². The Morgan fingerprint density at radius 1 is 0.405 bits per heavy atom. The van der Waals surface area contributed by atoms with Gasteiger partial charge < -0.3 is 9.47 Å². The van der Waals surface area contributed by atoms with E-state index in [1.54, 1.807) is 0 Å². The number of rotatable bonds is 5. The third kappa shape index (κ3) is 3.96. The number of nitrogens with zero attached hydrogens (tertiary/aromatic N) is 2. The molecular weight excluding hydrogens is 508 g/mol. The van der Waals surface area contributed by atoms with Gasteiger partial charge >= 0.3 is 0 Å². The largest absolute Gasteiger partial charge is 0.310 e. The minimum atomic E-state index is 1.12. The zero-order chi connectivity index (χ0) is 27.9. The Bertz CT molecular complexity index is 2140. The molecule has 8 aromatic rings. The highest BCUT2D eigenvalue weighted by molar-refractivity contribution is 6.25. The minimum absolute atomic E-state index is 1.12. The SMILES string of the molecule is c1ccc(N(c2ccccc2)c2cccc(-c3cccc4c3c3c5ccccc5ccc3n4-c3ccccc3)c2)cc1. The van der Waals surface area contributed by atoms with Crippen molar-refractivity contribution in [2.24, 2.45) is 0 Å². The second-order valence-electron chi connectivity index (χ2n) is 10.6. The second kappa shape index (κ2) is 10.1. The van der Waals surface area contributed by atoms with E-state index in [1.807, 2.05) is 0 Å². The molecule has 1 aromatic heterocycles. The zero-order valence-electron chi connectivity index (χ0n) is 23.1. The van der Waals surface area contributed by atoms with E-state index >= 15 is 0 Å². The molecule has 0 saturated carbocycles. The Morgan fingerprint density at radius 2 is 1.00 bits per heavy atom. The Hall–Kier alpha value is -5.60. The lowest BCUT2D eigenvalue weighted by Gasteiger charge is -2.26. The first-order valence-corrected chi connectivity index (χ1v) is 14.4. The average molecular weight is 537 g/mol. The molecule has 0 atom stereocenters. The van der Waals surface area contributed by atoms with Gasteiger partial charge in [-0.1, -0.05) is 109 Å². The van der Waals surface area contributed by atoms with Crippen molar-refractivity contribution in [3.63, 3.8) is 0 Å². The van der Waals surface area contributed by atoms with Crippen molar-refractivity contribution in [2.45, 2.75) is 0 Å². The number of hydrogen-bond donors (Lipinski definition) is 0. The number of benzene rings is 7. The van der Waals surface area contributed by atoms with Crippen LogP contribution in [0.15, 0.2) is 170 Å². The van der Waals surface area contributed by atoms with Gasteiger partial charge in [0.15, 0.2) is 0 Å². The van der Waals surface area contributed by atoms with Gasteiger partial charge in [0.1, 0.15) is 0 Å². The summed E-state index contributed by atoms with van der Waals surface area (Å²) in [6.07, 6.45) is 0. The molecule has 1 heterocycles. The first-order valence-electron chi connectivity index (χ1n) is 14.4. The molecule has 0 fully saturated rings. The summed E-state index contributed by atoms with van der Waals surface area (Å²) in [4.78, 5) is 2.33.